The van der Waals surface area contributed by atoms with Crippen molar-refractivity contribution in [2.24, 2.45) is 0 Å². The Balaban J connectivity index is 1.90. The van der Waals surface area contributed by atoms with Crippen LogP contribution in [0, 0.1) is 0 Å². The van der Waals surface area contributed by atoms with Gasteiger partial charge in [0.25, 0.3) is 0 Å². The second-order valence-corrected chi connectivity index (χ2v) is 5.25. The molecule has 4 heteroatoms. The first-order valence-electron chi connectivity index (χ1n) is 7.41. The summed E-state index contributed by atoms with van der Waals surface area (Å²) in [6.45, 7) is 5.40. The number of carbonyl (C=O) groups is 1. The molecule has 0 aliphatic carbocycles. The predicted molar refractivity (Wildman–Crippen MR) is 85.1 cm³/mol. The highest BCUT2D eigenvalue weighted by Crippen LogP contribution is 2.07. The van der Waals surface area contributed by atoms with Crippen LogP contribution in [0.2, 0.25) is 0 Å². The Morgan fingerprint density at radius 1 is 1.19 bits per heavy atom. The Labute approximate surface area is 126 Å². The van der Waals surface area contributed by atoms with Gasteiger partial charge in [0.05, 0.1) is 6.54 Å². The van der Waals surface area contributed by atoms with Crippen molar-refractivity contribution in [3.63, 3.8) is 0 Å². The zero-order chi connectivity index (χ0) is 15.1. The second kappa shape index (κ2) is 7.53. The number of carbonyl (C=O) groups excluding carboxylic acids is 1. The van der Waals surface area contributed by atoms with Gasteiger partial charge >= 0.3 is 6.03 Å². The smallest absolute Gasteiger partial charge is 0.315 e. The molecule has 0 saturated heterocycles. The van der Waals surface area contributed by atoms with Crippen LogP contribution in [0.3, 0.4) is 0 Å². The third-order valence-corrected chi connectivity index (χ3v) is 3.54. The van der Waals surface area contributed by atoms with E-state index in [0.717, 1.165) is 18.7 Å². The summed E-state index contributed by atoms with van der Waals surface area (Å²) in [6.07, 6.45) is 2.97. The first kappa shape index (κ1) is 15.2. The molecule has 1 heterocycles. The van der Waals surface area contributed by atoms with Gasteiger partial charge in [-0.3, -0.25) is 0 Å². The Kier molecular flexibility index (Phi) is 5.43. The van der Waals surface area contributed by atoms with Gasteiger partial charge in [0.15, 0.2) is 0 Å². The van der Waals surface area contributed by atoms with E-state index >= 15 is 0 Å². The third-order valence-electron chi connectivity index (χ3n) is 3.54. The molecule has 4 nitrogen and oxygen atoms in total. The zero-order valence-corrected chi connectivity index (χ0v) is 12.7. The molecule has 0 aliphatic rings. The summed E-state index contributed by atoms with van der Waals surface area (Å²) in [5.41, 5.74) is 2.34. The first-order valence-corrected chi connectivity index (χ1v) is 7.41. The van der Waals surface area contributed by atoms with E-state index in [4.69, 9.17) is 0 Å². The molecule has 2 rings (SSSR count). The maximum Gasteiger partial charge on any atom is 0.315 e. The molecule has 0 fully saturated rings. The molecule has 0 unspecified atom stereocenters. The zero-order valence-electron chi connectivity index (χ0n) is 12.7. The molecule has 21 heavy (non-hydrogen) atoms. The summed E-state index contributed by atoms with van der Waals surface area (Å²) in [4.78, 5) is 11.7. The standard InChI is InChI=1S/C17H23N3O/c1-3-14(2)19-17(21)18-12-16-10-7-11-20(16)13-15-8-5-4-6-9-15/h4-11,14H,3,12-13H2,1-2H3,(H2,18,19,21)/t14-/m0/s1. The molecule has 1 atom stereocenters. The molecule has 0 bridgehead atoms. The molecule has 1 aromatic heterocycles. The maximum absolute atomic E-state index is 11.7. The number of nitrogens with zero attached hydrogens (tertiary/aromatic N) is 1. The SMILES string of the molecule is CC[C@H](C)NC(=O)NCc1cccn1Cc1ccccc1. The van der Waals surface area contributed by atoms with Crippen molar-refractivity contribution < 1.29 is 4.79 Å². The third kappa shape index (κ3) is 4.67. The maximum atomic E-state index is 11.7. The van der Waals surface area contributed by atoms with Crippen molar-refractivity contribution in [3.05, 3.63) is 59.9 Å². The Hall–Kier alpha value is -2.23. The van der Waals surface area contributed by atoms with Crippen LogP contribution >= 0.6 is 0 Å². The molecule has 2 aromatic rings. The van der Waals surface area contributed by atoms with Crippen LogP contribution in [0.4, 0.5) is 4.79 Å². The van der Waals surface area contributed by atoms with Crippen LogP contribution < -0.4 is 10.6 Å². The second-order valence-electron chi connectivity index (χ2n) is 5.25. The van der Waals surface area contributed by atoms with E-state index in [1.165, 1.54) is 5.56 Å². The highest BCUT2D eigenvalue weighted by molar-refractivity contribution is 5.74. The summed E-state index contributed by atoms with van der Waals surface area (Å²) in [5, 5.41) is 5.81. The van der Waals surface area contributed by atoms with Gasteiger partial charge in [0.1, 0.15) is 0 Å². The van der Waals surface area contributed by atoms with Crippen LogP contribution in [0.25, 0.3) is 0 Å². The van der Waals surface area contributed by atoms with Crippen molar-refractivity contribution in [2.45, 2.75) is 39.4 Å². The minimum Gasteiger partial charge on any atom is -0.345 e. The highest BCUT2D eigenvalue weighted by Gasteiger charge is 2.06. The minimum absolute atomic E-state index is 0.114. The molecule has 0 saturated carbocycles. The molecule has 0 aliphatic heterocycles. The predicted octanol–water partition coefficient (Wildman–Crippen LogP) is 3.13. The number of benzene rings is 1. The van der Waals surface area contributed by atoms with Gasteiger partial charge < -0.3 is 15.2 Å². The lowest BCUT2D eigenvalue weighted by Crippen LogP contribution is -2.40. The number of urea groups is 1. The quantitative estimate of drug-likeness (QED) is 0.841. The summed E-state index contributed by atoms with van der Waals surface area (Å²) >= 11 is 0. The average molecular weight is 285 g/mol. The van der Waals surface area contributed by atoms with Crippen molar-refractivity contribution in [3.8, 4) is 0 Å². The lowest BCUT2D eigenvalue weighted by Gasteiger charge is -2.14. The molecule has 112 valence electrons. The van der Waals surface area contributed by atoms with Crippen LogP contribution in [0.15, 0.2) is 48.7 Å². The fourth-order valence-electron chi connectivity index (χ4n) is 2.09. The lowest BCUT2D eigenvalue weighted by molar-refractivity contribution is 0.237. The van der Waals surface area contributed by atoms with Crippen molar-refractivity contribution in [1.82, 2.24) is 15.2 Å². The fourth-order valence-corrected chi connectivity index (χ4v) is 2.09. The molecule has 1 aromatic carbocycles. The van der Waals surface area contributed by atoms with Gasteiger partial charge in [-0.05, 0) is 31.0 Å². The van der Waals surface area contributed by atoms with Crippen molar-refractivity contribution in [1.29, 1.82) is 0 Å². The number of hydrogen-bond donors (Lipinski definition) is 2. The van der Waals surface area contributed by atoms with E-state index in [0.29, 0.717) is 6.54 Å². The number of amides is 2. The van der Waals surface area contributed by atoms with Gasteiger partial charge in [-0.2, -0.15) is 0 Å². The van der Waals surface area contributed by atoms with Gasteiger partial charge in [-0.1, -0.05) is 37.3 Å². The fraction of sp³-hybridized carbons (Fsp3) is 0.353. The molecule has 2 amide bonds. The number of rotatable bonds is 6. The Morgan fingerprint density at radius 2 is 1.95 bits per heavy atom. The topological polar surface area (TPSA) is 46.1 Å². The molecule has 0 spiro atoms. The normalized spacial score (nSPS) is 11.9. The molecule has 0 radical (unpaired) electrons. The number of aromatic nitrogens is 1. The number of nitrogens with one attached hydrogen (secondary N) is 2. The van der Waals surface area contributed by atoms with Gasteiger partial charge in [0, 0.05) is 24.5 Å². The van der Waals surface area contributed by atoms with Gasteiger partial charge in [-0.25, -0.2) is 4.79 Å². The summed E-state index contributed by atoms with van der Waals surface area (Å²) < 4.78 is 2.15. The van der Waals surface area contributed by atoms with Crippen LogP contribution in [0.1, 0.15) is 31.5 Å². The van der Waals surface area contributed by atoms with Crippen LogP contribution in [-0.2, 0) is 13.1 Å². The van der Waals surface area contributed by atoms with E-state index in [1.54, 1.807) is 0 Å². The number of hydrogen-bond acceptors (Lipinski definition) is 1. The largest absolute Gasteiger partial charge is 0.345 e. The highest BCUT2D eigenvalue weighted by atomic mass is 16.2. The van der Waals surface area contributed by atoms with Crippen molar-refractivity contribution >= 4 is 6.03 Å². The first-order chi connectivity index (χ1) is 10.2. The monoisotopic (exact) mass is 285 g/mol. The Bertz CT molecular complexity index is 562. The van der Waals surface area contributed by atoms with E-state index in [-0.39, 0.29) is 12.1 Å². The molecular weight excluding hydrogens is 262 g/mol. The lowest BCUT2D eigenvalue weighted by atomic mass is 10.2. The molecular formula is C17H23N3O. The van der Waals surface area contributed by atoms with Gasteiger partial charge in [-0.15, -0.1) is 0 Å². The van der Waals surface area contributed by atoms with Gasteiger partial charge in [0.2, 0.25) is 0 Å². The molecule has 2 N–H and O–H groups in total. The van der Waals surface area contributed by atoms with Crippen molar-refractivity contribution in [2.75, 3.05) is 0 Å². The van der Waals surface area contributed by atoms with E-state index < -0.39 is 0 Å². The average Bonchev–Trinajstić information content (AvgIpc) is 2.93. The van der Waals surface area contributed by atoms with E-state index in [9.17, 15) is 4.79 Å². The van der Waals surface area contributed by atoms with Crippen LogP contribution in [-0.4, -0.2) is 16.6 Å². The minimum atomic E-state index is -0.114. The van der Waals surface area contributed by atoms with E-state index in [1.807, 2.05) is 43.5 Å². The summed E-state index contributed by atoms with van der Waals surface area (Å²) in [7, 11) is 0. The van der Waals surface area contributed by atoms with E-state index in [2.05, 4.69) is 34.3 Å². The Morgan fingerprint density at radius 3 is 2.67 bits per heavy atom. The summed E-state index contributed by atoms with van der Waals surface area (Å²) in [6, 6.07) is 14.4. The van der Waals surface area contributed by atoms with Crippen LogP contribution in [0.5, 0.6) is 0 Å². The summed E-state index contributed by atoms with van der Waals surface area (Å²) in [5.74, 6) is 0.